The lowest BCUT2D eigenvalue weighted by molar-refractivity contribution is 0.0951. The molecule has 2 aromatic rings. The van der Waals surface area contributed by atoms with Gasteiger partial charge in [0.15, 0.2) is 9.84 Å². The Morgan fingerprint density at radius 3 is 2.61 bits per heavy atom. The molecule has 1 aliphatic heterocycles. The highest BCUT2D eigenvalue weighted by atomic mass is 35.5. The number of hydrogen-bond donors (Lipinski definition) is 3. The molecular weight excluding hydrogens is 402 g/mol. The van der Waals surface area contributed by atoms with Crippen molar-refractivity contribution in [2.75, 3.05) is 16.8 Å². The molecule has 1 heterocycles. The minimum atomic E-state index is -3.07. The van der Waals surface area contributed by atoms with Gasteiger partial charge in [-0.15, -0.1) is 0 Å². The van der Waals surface area contributed by atoms with Crippen LogP contribution in [0, 0.1) is 0 Å². The number of carbonyl (C=O) groups is 2. The molecule has 0 radical (unpaired) electrons. The first-order chi connectivity index (χ1) is 13.3. The van der Waals surface area contributed by atoms with E-state index >= 15 is 0 Å². The van der Waals surface area contributed by atoms with E-state index < -0.39 is 21.9 Å². The number of rotatable bonds is 5. The number of amides is 3. The van der Waals surface area contributed by atoms with Crippen molar-refractivity contribution in [3.63, 3.8) is 0 Å². The molecule has 3 rings (SSSR count). The molecule has 0 aromatic heterocycles. The Morgan fingerprint density at radius 2 is 1.89 bits per heavy atom. The fourth-order valence-corrected chi connectivity index (χ4v) is 4.79. The SMILES string of the molecule is O=C(Nc1cccc(C(=O)NCc2ccccc2Cl)c1)N[C@H]1CCS(=O)(=O)C1. The first-order valence-electron chi connectivity index (χ1n) is 8.72. The van der Waals surface area contributed by atoms with Gasteiger partial charge in [-0.05, 0) is 36.2 Å². The van der Waals surface area contributed by atoms with Crippen LogP contribution in [0.1, 0.15) is 22.3 Å². The Bertz CT molecular complexity index is 994. The van der Waals surface area contributed by atoms with Gasteiger partial charge in [0.05, 0.1) is 11.5 Å². The summed E-state index contributed by atoms with van der Waals surface area (Å²) in [7, 11) is -3.07. The summed E-state index contributed by atoms with van der Waals surface area (Å²) in [6.45, 7) is 0.285. The number of hydrogen-bond acceptors (Lipinski definition) is 4. The van der Waals surface area contributed by atoms with Crippen molar-refractivity contribution in [3.05, 3.63) is 64.7 Å². The second-order valence-corrected chi connectivity index (χ2v) is 9.19. The monoisotopic (exact) mass is 421 g/mol. The van der Waals surface area contributed by atoms with Crippen molar-refractivity contribution in [1.82, 2.24) is 10.6 Å². The molecule has 9 heteroatoms. The molecule has 0 aliphatic carbocycles. The summed E-state index contributed by atoms with van der Waals surface area (Å²) in [6.07, 6.45) is 0.403. The molecule has 1 fully saturated rings. The van der Waals surface area contributed by atoms with Crippen molar-refractivity contribution in [2.24, 2.45) is 0 Å². The zero-order valence-electron chi connectivity index (χ0n) is 14.9. The topological polar surface area (TPSA) is 104 Å². The second-order valence-electron chi connectivity index (χ2n) is 6.55. The molecular formula is C19H20ClN3O4S. The molecule has 1 aliphatic rings. The Balaban J connectivity index is 1.56. The number of sulfone groups is 1. The van der Waals surface area contributed by atoms with Crippen LogP contribution in [0.2, 0.25) is 5.02 Å². The van der Waals surface area contributed by atoms with Crippen molar-refractivity contribution in [3.8, 4) is 0 Å². The second kappa shape index (κ2) is 8.62. The van der Waals surface area contributed by atoms with Crippen LogP contribution in [-0.2, 0) is 16.4 Å². The standard InChI is InChI=1S/C19H20ClN3O4S/c20-17-7-2-1-4-14(17)11-21-18(24)13-5-3-6-15(10-13)22-19(25)23-16-8-9-28(26,27)12-16/h1-7,10,16H,8-9,11-12H2,(H,21,24)(H2,22,23,25)/t16-/m0/s1. The van der Waals surface area contributed by atoms with Gasteiger partial charge in [0.2, 0.25) is 0 Å². The van der Waals surface area contributed by atoms with Gasteiger partial charge < -0.3 is 16.0 Å². The highest BCUT2D eigenvalue weighted by Crippen LogP contribution is 2.16. The first-order valence-corrected chi connectivity index (χ1v) is 10.9. The molecule has 2 aromatic carbocycles. The van der Waals surface area contributed by atoms with E-state index in [1.54, 1.807) is 30.3 Å². The van der Waals surface area contributed by atoms with Gasteiger partial charge in [0.25, 0.3) is 5.91 Å². The van der Waals surface area contributed by atoms with Gasteiger partial charge in [-0.25, -0.2) is 13.2 Å². The Kier molecular flexibility index (Phi) is 6.21. The van der Waals surface area contributed by atoms with Crippen molar-refractivity contribution < 1.29 is 18.0 Å². The largest absolute Gasteiger partial charge is 0.348 e. The van der Waals surface area contributed by atoms with Crippen LogP contribution in [0.3, 0.4) is 0 Å². The van der Waals surface area contributed by atoms with Gasteiger partial charge in [-0.3, -0.25) is 4.79 Å². The minimum absolute atomic E-state index is 0.0507. The first kappa shape index (κ1) is 20.2. The third-order valence-electron chi connectivity index (χ3n) is 4.35. The smallest absolute Gasteiger partial charge is 0.319 e. The lowest BCUT2D eigenvalue weighted by Crippen LogP contribution is -2.38. The van der Waals surface area contributed by atoms with E-state index in [9.17, 15) is 18.0 Å². The molecule has 7 nitrogen and oxygen atoms in total. The Morgan fingerprint density at radius 1 is 1.11 bits per heavy atom. The molecule has 3 amide bonds. The highest BCUT2D eigenvalue weighted by molar-refractivity contribution is 7.91. The number of halogens is 1. The van der Waals surface area contributed by atoms with Crippen LogP contribution in [0.15, 0.2) is 48.5 Å². The summed E-state index contributed by atoms with van der Waals surface area (Å²) in [5.74, 6) is -0.268. The molecule has 148 valence electrons. The van der Waals surface area contributed by atoms with E-state index in [0.29, 0.717) is 22.7 Å². The van der Waals surface area contributed by atoms with Gasteiger partial charge in [0, 0.05) is 28.9 Å². The minimum Gasteiger partial charge on any atom is -0.348 e. The quantitative estimate of drug-likeness (QED) is 0.690. The predicted molar refractivity (Wildman–Crippen MR) is 108 cm³/mol. The molecule has 1 saturated heterocycles. The van der Waals surface area contributed by atoms with Crippen molar-refractivity contribution in [1.29, 1.82) is 0 Å². The van der Waals surface area contributed by atoms with E-state index in [2.05, 4.69) is 16.0 Å². The van der Waals surface area contributed by atoms with Crippen LogP contribution >= 0.6 is 11.6 Å². The van der Waals surface area contributed by atoms with E-state index in [1.165, 1.54) is 0 Å². The van der Waals surface area contributed by atoms with Crippen LogP contribution in [0.5, 0.6) is 0 Å². The Hall–Kier alpha value is -2.58. The molecule has 1 atom stereocenters. The fraction of sp³-hybridized carbons (Fsp3) is 0.263. The summed E-state index contributed by atoms with van der Waals surface area (Å²) in [5, 5.41) is 8.63. The maximum atomic E-state index is 12.4. The normalized spacial score (nSPS) is 17.7. The van der Waals surface area contributed by atoms with E-state index in [4.69, 9.17) is 11.6 Å². The number of nitrogens with one attached hydrogen (secondary N) is 3. The summed E-state index contributed by atoms with van der Waals surface area (Å²) < 4.78 is 22.9. The maximum absolute atomic E-state index is 12.4. The van der Waals surface area contributed by atoms with E-state index in [0.717, 1.165) is 5.56 Å². The van der Waals surface area contributed by atoms with Crippen LogP contribution in [0.25, 0.3) is 0 Å². The van der Waals surface area contributed by atoms with Crippen molar-refractivity contribution >= 4 is 39.1 Å². The number of carbonyl (C=O) groups excluding carboxylic acids is 2. The van der Waals surface area contributed by atoms with Gasteiger partial charge >= 0.3 is 6.03 Å². The third-order valence-corrected chi connectivity index (χ3v) is 6.48. The predicted octanol–water partition coefficient (Wildman–Crippen LogP) is 2.58. The zero-order valence-corrected chi connectivity index (χ0v) is 16.5. The van der Waals surface area contributed by atoms with Gasteiger partial charge in [-0.2, -0.15) is 0 Å². The lowest BCUT2D eigenvalue weighted by Gasteiger charge is -2.13. The average molecular weight is 422 g/mol. The highest BCUT2D eigenvalue weighted by Gasteiger charge is 2.28. The van der Waals surface area contributed by atoms with Crippen LogP contribution in [-0.4, -0.2) is 37.9 Å². The summed E-state index contributed by atoms with van der Waals surface area (Å²) in [4.78, 5) is 24.4. The number of benzene rings is 2. The summed E-state index contributed by atoms with van der Waals surface area (Å²) in [5.41, 5.74) is 1.62. The maximum Gasteiger partial charge on any atom is 0.319 e. The van der Waals surface area contributed by atoms with Crippen LogP contribution < -0.4 is 16.0 Å². The van der Waals surface area contributed by atoms with E-state index in [1.807, 2.05) is 18.2 Å². The third kappa shape index (κ3) is 5.46. The lowest BCUT2D eigenvalue weighted by atomic mass is 10.1. The van der Waals surface area contributed by atoms with Gasteiger partial charge in [0.1, 0.15) is 0 Å². The number of urea groups is 1. The fourth-order valence-electron chi connectivity index (χ4n) is 2.92. The molecule has 28 heavy (non-hydrogen) atoms. The number of anilines is 1. The summed E-state index contributed by atoms with van der Waals surface area (Å²) in [6, 6.07) is 12.8. The van der Waals surface area contributed by atoms with Crippen LogP contribution in [0.4, 0.5) is 10.5 Å². The van der Waals surface area contributed by atoms with Crippen molar-refractivity contribution in [2.45, 2.75) is 19.0 Å². The molecule has 0 unspecified atom stereocenters. The van der Waals surface area contributed by atoms with E-state index in [-0.39, 0.29) is 24.0 Å². The molecule has 0 spiro atoms. The average Bonchev–Trinajstić information content (AvgIpc) is 2.99. The molecule has 0 bridgehead atoms. The molecule has 0 saturated carbocycles. The zero-order chi connectivity index (χ0) is 20.1. The Labute approximate surface area is 168 Å². The van der Waals surface area contributed by atoms with Gasteiger partial charge in [-0.1, -0.05) is 35.9 Å². The molecule has 3 N–H and O–H groups in total. The summed E-state index contributed by atoms with van der Waals surface area (Å²) >= 11 is 6.08.